The lowest BCUT2D eigenvalue weighted by Gasteiger charge is -2.08. The first-order valence-corrected chi connectivity index (χ1v) is 11.6. The van der Waals surface area contributed by atoms with Gasteiger partial charge >= 0.3 is 0 Å². The van der Waals surface area contributed by atoms with Crippen LogP contribution in [0.3, 0.4) is 0 Å². The topological polar surface area (TPSA) is 66.5 Å². The van der Waals surface area contributed by atoms with Gasteiger partial charge in [0.1, 0.15) is 0 Å². The Morgan fingerprint density at radius 3 is 2.30 bits per heavy atom. The number of carbonyl (C=O) groups is 1. The van der Waals surface area contributed by atoms with E-state index in [1.807, 2.05) is 24.9 Å². The van der Waals surface area contributed by atoms with Crippen molar-refractivity contribution in [1.82, 2.24) is 10.2 Å². The molecule has 0 radical (unpaired) electrons. The molecule has 130 valence electrons. The van der Waals surface area contributed by atoms with Crippen molar-refractivity contribution in [2.45, 2.75) is 11.3 Å². The van der Waals surface area contributed by atoms with Crippen LogP contribution in [0.25, 0.3) is 0 Å². The summed E-state index contributed by atoms with van der Waals surface area (Å²) in [7, 11) is 4.48. The van der Waals surface area contributed by atoms with Crippen molar-refractivity contribution in [2.24, 2.45) is 0 Å². The van der Waals surface area contributed by atoms with Crippen molar-refractivity contribution >= 4 is 37.3 Å². The highest BCUT2D eigenvalue weighted by Gasteiger charge is 2.08. The van der Waals surface area contributed by atoms with Gasteiger partial charge in [0, 0.05) is 30.9 Å². The predicted molar refractivity (Wildman–Crippen MR) is 99.7 cm³/mol. The van der Waals surface area contributed by atoms with E-state index in [1.165, 1.54) is 18.4 Å². The van der Waals surface area contributed by atoms with Gasteiger partial charge in [-0.05, 0) is 31.8 Å². The van der Waals surface area contributed by atoms with E-state index in [2.05, 4.69) is 10.2 Å². The Balaban J connectivity index is 2.21. The Morgan fingerprint density at radius 1 is 1.13 bits per heavy atom. The second-order valence-corrected chi connectivity index (χ2v) is 10.1. The van der Waals surface area contributed by atoms with E-state index in [4.69, 9.17) is 0 Å². The number of amides is 1. The summed E-state index contributed by atoms with van der Waals surface area (Å²) in [4.78, 5) is 14.2. The second kappa shape index (κ2) is 10.2. The fourth-order valence-electron chi connectivity index (χ4n) is 1.67. The van der Waals surface area contributed by atoms with Crippen molar-refractivity contribution < 1.29 is 13.2 Å². The van der Waals surface area contributed by atoms with Gasteiger partial charge in [-0.1, -0.05) is 33.7 Å². The average Bonchev–Trinajstić information content (AvgIpc) is 2.45. The molecule has 23 heavy (non-hydrogen) atoms. The normalized spacial score (nSPS) is 11.7. The minimum absolute atomic E-state index is 0.0454. The van der Waals surface area contributed by atoms with Crippen LogP contribution in [0.15, 0.2) is 29.2 Å². The minimum atomic E-state index is -3.19. The fraction of sp³-hybridized carbons (Fsp3) is 0.533. The van der Waals surface area contributed by atoms with Gasteiger partial charge in [0.25, 0.3) is 0 Å². The van der Waals surface area contributed by atoms with E-state index in [9.17, 15) is 13.2 Å². The van der Waals surface area contributed by atoms with Crippen molar-refractivity contribution in [3.63, 3.8) is 0 Å². The van der Waals surface area contributed by atoms with Gasteiger partial charge < -0.3 is 10.2 Å². The van der Waals surface area contributed by atoms with Crippen LogP contribution in [0.1, 0.15) is 5.56 Å². The molecule has 0 aliphatic heterocycles. The first kappa shape index (κ1) is 20.3. The number of hydrogen-bond donors (Lipinski definition) is 1. The Bertz CT molecular complexity index is 586. The molecule has 1 rings (SSSR count). The Labute approximate surface area is 146 Å². The monoisotopic (exact) mass is 376 g/mol. The highest BCUT2D eigenvalue weighted by Crippen LogP contribution is 2.19. The fourth-order valence-corrected chi connectivity index (χ4v) is 4.34. The number of rotatable bonds is 10. The third-order valence-electron chi connectivity index (χ3n) is 2.93. The van der Waals surface area contributed by atoms with Gasteiger partial charge in [-0.2, -0.15) is 0 Å². The maximum atomic E-state index is 11.8. The number of benzene rings is 1. The summed E-state index contributed by atoms with van der Waals surface area (Å²) in [5.41, 5.74) is 0.808. The molecule has 1 aromatic rings. The van der Waals surface area contributed by atoms with Gasteiger partial charge in [-0.3, -0.25) is 4.79 Å². The van der Waals surface area contributed by atoms with Crippen molar-refractivity contribution in [3.05, 3.63) is 29.8 Å². The van der Waals surface area contributed by atoms with Crippen LogP contribution in [-0.4, -0.2) is 64.2 Å². The molecule has 1 N–H and O–H groups in total. The molecule has 0 aliphatic carbocycles. The number of carbonyl (C=O) groups excluding carboxylic acids is 1. The molecule has 0 atom stereocenters. The van der Waals surface area contributed by atoms with Gasteiger partial charge in [0.2, 0.25) is 5.91 Å². The number of nitrogens with one attached hydrogen (secondary N) is 1. The smallest absolute Gasteiger partial charge is 0.224 e. The molecule has 8 heteroatoms. The second-order valence-electron chi connectivity index (χ2n) is 5.39. The van der Waals surface area contributed by atoms with E-state index in [1.54, 1.807) is 22.9 Å². The molecule has 0 bridgehead atoms. The summed E-state index contributed by atoms with van der Waals surface area (Å²) in [6.07, 6.45) is 1.44. The molecule has 0 spiro atoms. The highest BCUT2D eigenvalue weighted by molar-refractivity contribution is 8.76. The van der Waals surface area contributed by atoms with E-state index >= 15 is 0 Å². The summed E-state index contributed by atoms with van der Waals surface area (Å²) in [5.74, 6) is 1.89. The zero-order valence-corrected chi connectivity index (χ0v) is 16.2. The first-order valence-electron chi connectivity index (χ1n) is 7.24. The van der Waals surface area contributed by atoms with Crippen LogP contribution in [-0.2, 0) is 21.1 Å². The molecule has 5 nitrogen and oxygen atoms in total. The van der Waals surface area contributed by atoms with E-state index in [-0.39, 0.29) is 17.2 Å². The van der Waals surface area contributed by atoms with Crippen LogP contribution in [0.4, 0.5) is 0 Å². The summed E-state index contributed by atoms with van der Waals surface area (Å²) < 4.78 is 22.7. The van der Waals surface area contributed by atoms with Crippen molar-refractivity contribution in [1.29, 1.82) is 0 Å². The quantitative estimate of drug-likeness (QED) is 0.495. The summed E-state index contributed by atoms with van der Waals surface area (Å²) >= 11 is 0. The highest BCUT2D eigenvalue weighted by atomic mass is 33.1. The SMILES string of the molecule is CN(C)CCSSCCNC(=O)Cc1ccc(S(C)(=O)=O)cc1. The summed E-state index contributed by atoms with van der Waals surface area (Å²) in [5, 5.41) is 2.87. The van der Waals surface area contributed by atoms with Crippen molar-refractivity contribution in [2.75, 3.05) is 44.9 Å². The Hall–Kier alpha value is -0.700. The molecule has 0 aliphatic rings. The third kappa shape index (κ3) is 9.24. The largest absolute Gasteiger partial charge is 0.355 e. The molecular weight excluding hydrogens is 352 g/mol. The number of nitrogens with zero attached hydrogens (tertiary/aromatic N) is 1. The van der Waals surface area contributed by atoms with Crippen LogP contribution >= 0.6 is 21.6 Å². The van der Waals surface area contributed by atoms with E-state index in [0.717, 1.165) is 23.6 Å². The van der Waals surface area contributed by atoms with E-state index < -0.39 is 9.84 Å². The van der Waals surface area contributed by atoms with Gasteiger partial charge in [0.15, 0.2) is 9.84 Å². The molecule has 0 saturated heterocycles. The predicted octanol–water partition coefficient (Wildman–Crippen LogP) is 1.69. The third-order valence-corrected chi connectivity index (χ3v) is 6.44. The molecule has 0 unspecified atom stereocenters. The van der Waals surface area contributed by atoms with Crippen LogP contribution in [0, 0.1) is 0 Å². The number of sulfone groups is 1. The standard InChI is InChI=1S/C15H24N2O3S3/c1-17(2)9-11-22-21-10-8-16-15(18)12-13-4-6-14(7-5-13)23(3,19)20/h4-7H,8-12H2,1-3H3,(H,16,18). The molecule has 0 heterocycles. The summed E-state index contributed by atoms with van der Waals surface area (Å²) in [6, 6.07) is 6.44. The first-order chi connectivity index (χ1) is 10.8. The lowest BCUT2D eigenvalue weighted by atomic mass is 10.1. The maximum absolute atomic E-state index is 11.8. The Kier molecular flexibility index (Phi) is 9.04. The lowest BCUT2D eigenvalue weighted by molar-refractivity contribution is -0.120. The molecule has 1 amide bonds. The van der Waals surface area contributed by atoms with Crippen LogP contribution < -0.4 is 5.32 Å². The molecule has 0 fully saturated rings. The molecule has 0 aromatic heterocycles. The zero-order valence-electron chi connectivity index (χ0n) is 13.7. The average molecular weight is 377 g/mol. The minimum Gasteiger partial charge on any atom is -0.355 e. The van der Waals surface area contributed by atoms with Crippen molar-refractivity contribution in [3.8, 4) is 0 Å². The molecule has 0 saturated carbocycles. The van der Waals surface area contributed by atoms with Gasteiger partial charge in [0.05, 0.1) is 11.3 Å². The number of hydrogen-bond acceptors (Lipinski definition) is 6. The van der Waals surface area contributed by atoms with E-state index in [0.29, 0.717) is 6.54 Å². The van der Waals surface area contributed by atoms with Crippen LogP contribution in [0.2, 0.25) is 0 Å². The Morgan fingerprint density at radius 2 is 1.74 bits per heavy atom. The molecule has 1 aromatic carbocycles. The van der Waals surface area contributed by atoms with Gasteiger partial charge in [-0.25, -0.2) is 8.42 Å². The lowest BCUT2D eigenvalue weighted by Crippen LogP contribution is -2.27. The summed E-state index contributed by atoms with van der Waals surface area (Å²) in [6.45, 7) is 1.69. The van der Waals surface area contributed by atoms with Crippen LogP contribution in [0.5, 0.6) is 0 Å². The maximum Gasteiger partial charge on any atom is 0.224 e. The van der Waals surface area contributed by atoms with Gasteiger partial charge in [-0.15, -0.1) is 0 Å². The molecular formula is C15H24N2O3S3. The zero-order chi connectivity index (χ0) is 17.3.